The summed E-state index contributed by atoms with van der Waals surface area (Å²) in [5.74, 6) is 0.538. The third-order valence-electron chi connectivity index (χ3n) is 6.71. The predicted molar refractivity (Wildman–Crippen MR) is 121 cm³/mol. The van der Waals surface area contributed by atoms with E-state index in [1.807, 2.05) is 25.7 Å². The first-order valence-corrected chi connectivity index (χ1v) is 12.2. The summed E-state index contributed by atoms with van der Waals surface area (Å²) in [6, 6.07) is 0.405. The zero-order chi connectivity index (χ0) is 22.1. The van der Waals surface area contributed by atoms with Crippen LogP contribution in [-0.4, -0.2) is 76.1 Å². The Morgan fingerprint density at radius 1 is 1.10 bits per heavy atom. The lowest BCUT2D eigenvalue weighted by atomic mass is 9.85. The van der Waals surface area contributed by atoms with Crippen LogP contribution in [0.15, 0.2) is 0 Å². The molecule has 2 N–H and O–H groups in total. The van der Waals surface area contributed by atoms with E-state index in [1.165, 1.54) is 19.3 Å². The van der Waals surface area contributed by atoms with Crippen molar-refractivity contribution in [3.63, 3.8) is 0 Å². The Balaban J connectivity index is 1.76. The molecule has 4 atom stereocenters. The summed E-state index contributed by atoms with van der Waals surface area (Å²) in [6.45, 7) is 10.8. The molecule has 2 unspecified atom stereocenters. The molecule has 30 heavy (non-hydrogen) atoms. The zero-order valence-electron chi connectivity index (χ0n) is 19.8. The van der Waals surface area contributed by atoms with Crippen molar-refractivity contribution in [1.29, 1.82) is 0 Å². The second-order valence-electron chi connectivity index (χ2n) is 10.5. The fraction of sp³-hybridized carbons (Fsp3) is 0.958. The molecule has 0 bridgehead atoms. The van der Waals surface area contributed by atoms with Crippen LogP contribution < -0.4 is 0 Å². The number of hydrogen-bond donors (Lipinski definition) is 2. The van der Waals surface area contributed by atoms with Gasteiger partial charge in [-0.1, -0.05) is 32.6 Å². The second-order valence-corrected chi connectivity index (χ2v) is 10.5. The summed E-state index contributed by atoms with van der Waals surface area (Å²) in [7, 11) is 0. The van der Waals surface area contributed by atoms with E-state index in [1.54, 1.807) is 0 Å². The fourth-order valence-electron chi connectivity index (χ4n) is 4.99. The van der Waals surface area contributed by atoms with Gasteiger partial charge in [0.15, 0.2) is 0 Å². The third kappa shape index (κ3) is 8.35. The summed E-state index contributed by atoms with van der Waals surface area (Å²) in [6.07, 6.45) is 10.1. The number of rotatable bonds is 9. The number of carbonyl (C=O) groups excluding carboxylic acids is 1. The van der Waals surface area contributed by atoms with Crippen molar-refractivity contribution in [1.82, 2.24) is 9.80 Å². The van der Waals surface area contributed by atoms with Crippen molar-refractivity contribution in [2.45, 2.75) is 116 Å². The topological polar surface area (TPSA) is 73.2 Å². The Morgan fingerprint density at radius 3 is 2.47 bits per heavy atom. The van der Waals surface area contributed by atoms with E-state index in [2.05, 4.69) is 11.8 Å². The fourth-order valence-corrected chi connectivity index (χ4v) is 4.99. The first kappa shape index (κ1) is 25.4. The monoisotopic (exact) mass is 426 g/mol. The Kier molecular flexibility index (Phi) is 10.4. The number of carbonyl (C=O) groups is 1. The van der Waals surface area contributed by atoms with Crippen molar-refractivity contribution in [3.8, 4) is 0 Å². The highest BCUT2D eigenvalue weighted by Gasteiger charge is 2.33. The van der Waals surface area contributed by atoms with Gasteiger partial charge in [0, 0.05) is 25.2 Å². The lowest BCUT2D eigenvalue weighted by molar-refractivity contribution is 0.00463. The van der Waals surface area contributed by atoms with Gasteiger partial charge in [0.1, 0.15) is 5.60 Å². The molecule has 1 saturated heterocycles. The maximum absolute atomic E-state index is 12.9. The standard InChI is InChI=1S/C24H46N2O4/c1-19-11-7-8-12-22(19)26(23(29)30-24(2,3)4)15-10-6-5-9-14-25-16-13-21(28)17-20(25)18-27/h19-22,27-28H,5-18H2,1-4H3/t19?,20-,21+,22?/m0/s1. The first-order chi connectivity index (χ1) is 14.2. The second kappa shape index (κ2) is 12.3. The number of hydrogen-bond acceptors (Lipinski definition) is 5. The largest absolute Gasteiger partial charge is 0.444 e. The molecule has 1 saturated carbocycles. The summed E-state index contributed by atoms with van der Waals surface area (Å²) in [4.78, 5) is 17.2. The lowest BCUT2D eigenvalue weighted by Crippen LogP contribution is -2.47. The molecule has 0 spiro atoms. The van der Waals surface area contributed by atoms with Gasteiger partial charge < -0.3 is 19.8 Å². The molecule has 1 heterocycles. The molecule has 2 aliphatic rings. The minimum Gasteiger partial charge on any atom is -0.444 e. The SMILES string of the molecule is CC1CCCCC1N(CCCCCCN1CC[C@@H](O)C[C@H]1CO)C(=O)OC(C)(C)C. The Morgan fingerprint density at radius 2 is 1.80 bits per heavy atom. The number of aliphatic hydroxyl groups is 2. The molecule has 176 valence electrons. The maximum atomic E-state index is 12.9. The highest BCUT2D eigenvalue weighted by molar-refractivity contribution is 5.68. The lowest BCUT2D eigenvalue weighted by Gasteiger charge is -2.39. The summed E-state index contributed by atoms with van der Waals surface area (Å²) in [5.41, 5.74) is -0.460. The molecule has 2 fully saturated rings. The Hall–Kier alpha value is -0.850. The van der Waals surface area contributed by atoms with Crippen LogP contribution in [0.2, 0.25) is 0 Å². The van der Waals surface area contributed by atoms with Crippen molar-refractivity contribution in [2.24, 2.45) is 5.92 Å². The quantitative estimate of drug-likeness (QED) is 0.541. The minimum absolute atomic E-state index is 0.101. The first-order valence-electron chi connectivity index (χ1n) is 12.2. The van der Waals surface area contributed by atoms with Gasteiger partial charge in [0.2, 0.25) is 0 Å². The van der Waals surface area contributed by atoms with Crippen LogP contribution in [0.4, 0.5) is 4.79 Å². The minimum atomic E-state index is -0.460. The number of aliphatic hydroxyl groups excluding tert-OH is 2. The average Bonchev–Trinajstić information content (AvgIpc) is 2.67. The van der Waals surface area contributed by atoms with Gasteiger partial charge in [-0.05, 0) is 71.8 Å². The number of nitrogens with zero attached hydrogens (tertiary/aromatic N) is 2. The molecule has 0 aromatic heterocycles. The summed E-state index contributed by atoms with van der Waals surface area (Å²) < 4.78 is 5.73. The van der Waals surface area contributed by atoms with Crippen LogP contribution in [0, 0.1) is 5.92 Å². The molecule has 0 radical (unpaired) electrons. The van der Waals surface area contributed by atoms with Crippen molar-refractivity contribution in [3.05, 3.63) is 0 Å². The van der Waals surface area contributed by atoms with Crippen molar-refractivity contribution < 1.29 is 19.7 Å². The van der Waals surface area contributed by atoms with Crippen LogP contribution in [0.25, 0.3) is 0 Å². The van der Waals surface area contributed by atoms with Gasteiger partial charge >= 0.3 is 6.09 Å². The van der Waals surface area contributed by atoms with Crippen LogP contribution in [0.3, 0.4) is 0 Å². The number of piperidine rings is 1. The summed E-state index contributed by atoms with van der Waals surface area (Å²) in [5, 5.41) is 19.3. The number of amides is 1. The normalized spacial score (nSPS) is 28.3. The van der Waals surface area contributed by atoms with Crippen LogP contribution in [0.5, 0.6) is 0 Å². The molecule has 1 aliphatic heterocycles. The van der Waals surface area contributed by atoms with E-state index in [0.717, 1.165) is 58.2 Å². The molecule has 2 rings (SSSR count). The highest BCUT2D eigenvalue weighted by atomic mass is 16.6. The van der Waals surface area contributed by atoms with Gasteiger partial charge in [0.05, 0.1) is 12.7 Å². The smallest absolute Gasteiger partial charge is 0.410 e. The summed E-state index contributed by atoms with van der Waals surface area (Å²) >= 11 is 0. The highest BCUT2D eigenvalue weighted by Crippen LogP contribution is 2.29. The molecule has 6 heteroatoms. The van der Waals surface area contributed by atoms with E-state index in [9.17, 15) is 15.0 Å². The third-order valence-corrected chi connectivity index (χ3v) is 6.71. The molecular weight excluding hydrogens is 380 g/mol. The molecule has 1 aliphatic carbocycles. The zero-order valence-corrected chi connectivity index (χ0v) is 19.8. The van der Waals surface area contributed by atoms with Crippen molar-refractivity contribution >= 4 is 6.09 Å². The molecule has 0 aromatic carbocycles. The van der Waals surface area contributed by atoms with E-state index < -0.39 is 5.60 Å². The van der Waals surface area contributed by atoms with Gasteiger partial charge in [-0.25, -0.2) is 4.79 Å². The van der Waals surface area contributed by atoms with Gasteiger partial charge in [-0.2, -0.15) is 0 Å². The van der Waals surface area contributed by atoms with E-state index >= 15 is 0 Å². The van der Waals surface area contributed by atoms with Crippen LogP contribution in [0.1, 0.15) is 91.9 Å². The molecule has 6 nitrogen and oxygen atoms in total. The number of unbranched alkanes of at least 4 members (excludes halogenated alkanes) is 3. The van der Waals surface area contributed by atoms with Gasteiger partial charge in [-0.15, -0.1) is 0 Å². The van der Waals surface area contributed by atoms with Gasteiger partial charge in [0.25, 0.3) is 0 Å². The Labute approximate surface area is 184 Å². The van der Waals surface area contributed by atoms with Crippen LogP contribution in [-0.2, 0) is 4.74 Å². The Bertz CT molecular complexity index is 508. The van der Waals surface area contributed by atoms with E-state index in [4.69, 9.17) is 4.74 Å². The van der Waals surface area contributed by atoms with E-state index in [-0.39, 0.29) is 24.8 Å². The maximum Gasteiger partial charge on any atom is 0.410 e. The number of likely N-dealkylation sites (tertiary alicyclic amines) is 1. The average molecular weight is 427 g/mol. The molecule has 0 aromatic rings. The predicted octanol–water partition coefficient (Wildman–Crippen LogP) is 4.18. The van der Waals surface area contributed by atoms with Crippen molar-refractivity contribution in [2.75, 3.05) is 26.2 Å². The van der Waals surface area contributed by atoms with Gasteiger partial charge in [-0.3, -0.25) is 4.90 Å². The molecular formula is C24H46N2O4. The van der Waals surface area contributed by atoms with Crippen LogP contribution >= 0.6 is 0 Å². The number of ether oxygens (including phenoxy) is 1. The molecule has 1 amide bonds. The van der Waals surface area contributed by atoms with E-state index in [0.29, 0.717) is 18.4 Å².